The molecule has 0 spiro atoms. The van der Waals surface area contributed by atoms with Crippen LogP contribution in [0.15, 0.2) is 0 Å². The predicted octanol–water partition coefficient (Wildman–Crippen LogP) is -5.95. The van der Waals surface area contributed by atoms with Crippen LogP contribution in [0.4, 0.5) is 0 Å². The van der Waals surface area contributed by atoms with Gasteiger partial charge in [0.1, 0.15) is 0 Å². The molecule has 0 saturated carbocycles. The van der Waals surface area contributed by atoms with Crippen LogP contribution in [0.1, 0.15) is 0 Å². The van der Waals surface area contributed by atoms with Crippen molar-refractivity contribution in [2.45, 2.75) is 0 Å². The van der Waals surface area contributed by atoms with Crippen molar-refractivity contribution in [3.8, 4) is 0 Å². The first kappa shape index (κ1) is 23.4. The van der Waals surface area contributed by atoms with E-state index in [0.29, 0.717) is 0 Å². The van der Waals surface area contributed by atoms with Crippen LogP contribution >= 0.6 is 15.6 Å². The van der Waals surface area contributed by atoms with Crippen molar-refractivity contribution < 1.29 is 38.5 Å². The van der Waals surface area contributed by atoms with Gasteiger partial charge in [-0.05, 0) is 0 Å². The molecule has 0 atom stereocenters. The first-order valence-electron chi connectivity index (χ1n) is 1.46. The van der Waals surface area contributed by atoms with Gasteiger partial charge in [0, 0.05) is 0 Å². The molecule has 0 aliphatic heterocycles. The second-order valence-electron chi connectivity index (χ2n) is 0.894. The van der Waals surface area contributed by atoms with Gasteiger partial charge in [0.2, 0.25) is 0 Å². The molecule has 0 N–H and O–H groups in total. The fraction of sp³-hybridized carbons (Fsp3) is 0. The summed E-state index contributed by atoms with van der Waals surface area (Å²) in [5.74, 6) is 0. The van der Waals surface area contributed by atoms with E-state index >= 15 is 0 Å². The molecule has 0 aliphatic rings. The van der Waals surface area contributed by atoms with Crippen molar-refractivity contribution in [2.24, 2.45) is 0 Å². The first-order chi connectivity index (χ1) is 4.00. The maximum Gasteiger partial charge on any atom is 4.00 e. The minimum atomic E-state index is -5.39. The number of hydrogen-bond acceptors (Lipinski definition) is 8. The van der Waals surface area contributed by atoms with Crippen LogP contribution in [-0.2, 0) is 9.13 Å². The van der Waals surface area contributed by atoms with Gasteiger partial charge in [-0.3, -0.25) is 0 Å². The number of phosphoric acid groups is 2. The predicted molar refractivity (Wildman–Crippen MR) is 24.2 cm³/mol. The molecule has 0 fully saturated rings. The van der Waals surface area contributed by atoms with Crippen LogP contribution in [0.25, 0.3) is 0 Å². The smallest absolute Gasteiger partial charge is 0.822 e. The molecular formula is CCaO8P2. The Morgan fingerprint density at radius 3 is 0.667 bits per heavy atom. The Labute approximate surface area is 98.7 Å². The number of hydrogen-bond donors (Lipinski definition) is 0. The SMILES string of the molecule is O=P([O-])([O-])[O-].O=P([O-])([O-])[O-].[C+4].[Ca+2]. The van der Waals surface area contributed by atoms with Crippen molar-refractivity contribution in [3.05, 3.63) is 7.43 Å². The minimum Gasteiger partial charge on any atom is -0.822 e. The summed E-state index contributed by atoms with van der Waals surface area (Å²) >= 11 is 0. The summed E-state index contributed by atoms with van der Waals surface area (Å²) in [6.45, 7) is 0. The van der Waals surface area contributed by atoms with Crippen LogP contribution in [0.5, 0.6) is 0 Å². The molecule has 0 rings (SSSR count). The zero-order valence-corrected chi connectivity index (χ0v) is 9.36. The Balaban J connectivity index is -0.0000000457. The summed E-state index contributed by atoms with van der Waals surface area (Å²) in [5.41, 5.74) is 0. The Morgan fingerprint density at radius 1 is 0.667 bits per heavy atom. The second-order valence-corrected chi connectivity index (χ2v) is 2.68. The molecule has 8 nitrogen and oxygen atoms in total. The second kappa shape index (κ2) is 9.05. The van der Waals surface area contributed by atoms with Crippen LogP contribution in [0.3, 0.4) is 0 Å². The third-order valence-corrected chi connectivity index (χ3v) is 0. The van der Waals surface area contributed by atoms with Gasteiger partial charge in [0.05, 0.1) is 0 Å². The average Bonchev–Trinajstić information content (AvgIpc) is 1.12. The molecule has 0 aromatic rings. The molecule has 0 aliphatic carbocycles. The van der Waals surface area contributed by atoms with Crippen molar-refractivity contribution in [1.82, 2.24) is 0 Å². The summed E-state index contributed by atoms with van der Waals surface area (Å²) in [7, 11) is -10.8. The molecule has 0 radical (unpaired) electrons. The Kier molecular flexibility index (Phi) is 17.6. The molecule has 0 bridgehead atoms. The zero-order chi connectivity index (χ0) is 9.00. The molecular weight excluding hydrogens is 242 g/mol. The molecule has 0 aromatic carbocycles. The summed E-state index contributed by atoms with van der Waals surface area (Å²) in [6, 6.07) is 0. The standard InChI is InChI=1S/C.Ca.2H3O4P/c;;2*1-5(2,3)4/h;;2*(H3,1,2,3,4)/q+4;+2;;/p-6. The van der Waals surface area contributed by atoms with Crippen molar-refractivity contribution >= 4 is 53.4 Å². The quantitative estimate of drug-likeness (QED) is 0.298. The van der Waals surface area contributed by atoms with Crippen molar-refractivity contribution in [3.63, 3.8) is 0 Å². The normalized spacial score (nSPS) is 9.83. The summed E-state index contributed by atoms with van der Waals surface area (Å²) < 4.78 is 17.1. The molecule has 0 heterocycles. The van der Waals surface area contributed by atoms with Gasteiger partial charge in [-0.15, -0.1) is 0 Å². The summed E-state index contributed by atoms with van der Waals surface area (Å²) in [5, 5.41) is 0. The minimum absolute atomic E-state index is 0. The maximum absolute atomic E-state index is 8.55. The zero-order valence-electron chi connectivity index (χ0n) is 5.37. The van der Waals surface area contributed by atoms with Gasteiger partial charge in [0.25, 0.3) is 0 Å². The fourth-order valence-corrected chi connectivity index (χ4v) is 0. The van der Waals surface area contributed by atoms with E-state index in [2.05, 4.69) is 0 Å². The van der Waals surface area contributed by atoms with E-state index in [-0.39, 0.29) is 45.2 Å². The Hall–Kier alpha value is 1.48. The van der Waals surface area contributed by atoms with E-state index in [4.69, 9.17) is 38.5 Å². The average molecular weight is 242 g/mol. The maximum atomic E-state index is 8.55. The third-order valence-electron chi connectivity index (χ3n) is 0. The van der Waals surface area contributed by atoms with E-state index in [1.54, 1.807) is 0 Å². The van der Waals surface area contributed by atoms with Crippen LogP contribution < -0.4 is 29.4 Å². The van der Waals surface area contributed by atoms with Gasteiger partial charge >= 0.3 is 45.2 Å². The molecule has 0 unspecified atom stereocenters. The summed E-state index contributed by atoms with van der Waals surface area (Å²) in [4.78, 5) is 51.3. The van der Waals surface area contributed by atoms with E-state index in [0.717, 1.165) is 0 Å². The molecule has 11 heteroatoms. The van der Waals surface area contributed by atoms with Gasteiger partial charge in [-0.2, -0.15) is 15.6 Å². The molecule has 0 amide bonds. The third kappa shape index (κ3) is 576. The van der Waals surface area contributed by atoms with E-state index in [1.165, 1.54) is 0 Å². The Morgan fingerprint density at radius 2 is 0.667 bits per heavy atom. The van der Waals surface area contributed by atoms with Gasteiger partial charge in [0.15, 0.2) is 0 Å². The van der Waals surface area contributed by atoms with Gasteiger partial charge in [-0.1, -0.05) is 0 Å². The van der Waals surface area contributed by atoms with E-state index in [9.17, 15) is 0 Å². The van der Waals surface area contributed by atoms with Gasteiger partial charge < -0.3 is 38.5 Å². The fourth-order valence-electron chi connectivity index (χ4n) is 0. The van der Waals surface area contributed by atoms with E-state index in [1.807, 2.05) is 0 Å². The Bertz CT molecular complexity index is 129. The van der Waals surface area contributed by atoms with Crippen molar-refractivity contribution in [1.29, 1.82) is 0 Å². The molecule has 12 heavy (non-hydrogen) atoms. The first-order valence-corrected chi connectivity index (χ1v) is 4.38. The number of rotatable bonds is 0. The monoisotopic (exact) mass is 242 g/mol. The molecule has 0 aromatic heterocycles. The van der Waals surface area contributed by atoms with Gasteiger partial charge in [-0.25, -0.2) is 0 Å². The summed E-state index contributed by atoms with van der Waals surface area (Å²) in [6.07, 6.45) is 0. The van der Waals surface area contributed by atoms with Crippen LogP contribution in [0, 0.1) is 7.43 Å². The van der Waals surface area contributed by atoms with Crippen molar-refractivity contribution in [2.75, 3.05) is 0 Å². The largest absolute Gasteiger partial charge is 4.00 e. The molecule has 0 saturated heterocycles. The van der Waals surface area contributed by atoms with E-state index < -0.39 is 15.6 Å². The van der Waals surface area contributed by atoms with Crippen LogP contribution in [0.2, 0.25) is 0 Å². The topological polar surface area (TPSA) is 172 Å². The van der Waals surface area contributed by atoms with Crippen LogP contribution in [-0.4, -0.2) is 37.7 Å². The molecule has 64 valence electrons.